The molecule has 1 heteroatoms. The highest BCUT2D eigenvalue weighted by Gasteiger charge is 2.52. The van der Waals surface area contributed by atoms with Gasteiger partial charge in [-0.15, -0.1) is 0 Å². The number of carbonyl (C=O) groups is 1. The smallest absolute Gasteiger partial charge is 0.158 e. The van der Waals surface area contributed by atoms with Crippen LogP contribution in [0.3, 0.4) is 0 Å². The molecule has 0 amide bonds. The Balaban J connectivity index is 1.66. The summed E-state index contributed by atoms with van der Waals surface area (Å²) < 4.78 is 0. The van der Waals surface area contributed by atoms with Gasteiger partial charge in [0.05, 0.1) is 0 Å². The highest BCUT2D eigenvalue weighted by atomic mass is 16.1. The molecule has 4 aliphatic carbocycles. The van der Waals surface area contributed by atoms with Gasteiger partial charge in [0, 0.05) is 6.42 Å². The van der Waals surface area contributed by atoms with E-state index in [-0.39, 0.29) is 0 Å². The van der Waals surface area contributed by atoms with E-state index in [0.717, 1.165) is 42.1 Å². The Bertz CT molecular complexity index is 552. The highest BCUT2D eigenvalue weighted by molar-refractivity contribution is 5.96. The van der Waals surface area contributed by atoms with Crippen molar-refractivity contribution in [2.24, 2.45) is 29.1 Å². The van der Waals surface area contributed by atoms with Crippen molar-refractivity contribution in [1.29, 1.82) is 0 Å². The van der Waals surface area contributed by atoms with Crippen LogP contribution in [0, 0.1) is 29.1 Å². The summed E-state index contributed by atoms with van der Waals surface area (Å²) in [5.41, 5.74) is 4.84. The largest absolute Gasteiger partial charge is 0.295 e. The maximum absolute atomic E-state index is 12.0. The topological polar surface area (TPSA) is 17.1 Å². The van der Waals surface area contributed by atoms with Gasteiger partial charge >= 0.3 is 0 Å². The zero-order chi connectivity index (χ0) is 14.8. The van der Waals surface area contributed by atoms with Gasteiger partial charge in [-0.05, 0) is 87.0 Å². The summed E-state index contributed by atoms with van der Waals surface area (Å²) >= 11 is 0. The van der Waals surface area contributed by atoms with Crippen molar-refractivity contribution in [3.8, 4) is 0 Å². The monoisotopic (exact) mass is 284 g/mol. The molecule has 5 unspecified atom stereocenters. The Kier molecular flexibility index (Phi) is 3.00. The lowest BCUT2D eigenvalue weighted by Gasteiger charge is -2.53. The lowest BCUT2D eigenvalue weighted by molar-refractivity contribution is -0.117. The van der Waals surface area contributed by atoms with E-state index in [9.17, 15) is 4.79 Å². The molecule has 0 spiro atoms. The fourth-order valence-electron chi connectivity index (χ4n) is 6.29. The predicted molar refractivity (Wildman–Crippen MR) is 85.9 cm³/mol. The van der Waals surface area contributed by atoms with Gasteiger partial charge in [-0.25, -0.2) is 0 Å². The van der Waals surface area contributed by atoms with E-state index in [1.807, 2.05) is 0 Å². The summed E-state index contributed by atoms with van der Waals surface area (Å²) in [5, 5.41) is 0. The minimum atomic E-state index is 0.429. The lowest BCUT2D eigenvalue weighted by atomic mass is 9.51. The molecule has 4 rings (SSSR count). The Labute approximate surface area is 128 Å². The van der Waals surface area contributed by atoms with E-state index in [0.29, 0.717) is 11.2 Å². The first-order valence-corrected chi connectivity index (χ1v) is 8.92. The van der Waals surface area contributed by atoms with Crippen molar-refractivity contribution < 1.29 is 4.79 Å². The molecule has 0 aromatic heterocycles. The zero-order valence-electron chi connectivity index (χ0n) is 13.7. The minimum Gasteiger partial charge on any atom is -0.295 e. The van der Waals surface area contributed by atoms with Crippen LogP contribution >= 0.6 is 0 Å². The number of carbonyl (C=O) groups excluding carboxylic acids is 1. The lowest BCUT2D eigenvalue weighted by Crippen LogP contribution is -2.45. The predicted octanol–water partition coefficient (Wildman–Crippen LogP) is 5.07. The van der Waals surface area contributed by atoms with Gasteiger partial charge in [0.25, 0.3) is 0 Å². The van der Waals surface area contributed by atoms with Crippen LogP contribution in [0.15, 0.2) is 22.8 Å². The first kappa shape index (κ1) is 13.8. The third-order valence-corrected chi connectivity index (χ3v) is 7.75. The molecular formula is C20H28O. The second-order valence-corrected chi connectivity index (χ2v) is 8.27. The summed E-state index contributed by atoms with van der Waals surface area (Å²) in [5.74, 6) is 3.84. The van der Waals surface area contributed by atoms with Crippen LogP contribution in [0.4, 0.5) is 0 Å². The number of hydrogen-bond acceptors (Lipinski definition) is 1. The van der Waals surface area contributed by atoms with E-state index < -0.39 is 0 Å². The molecule has 2 saturated carbocycles. The molecule has 0 radical (unpaired) electrons. The van der Waals surface area contributed by atoms with Crippen molar-refractivity contribution in [3.05, 3.63) is 22.8 Å². The van der Waals surface area contributed by atoms with Gasteiger partial charge in [-0.3, -0.25) is 4.79 Å². The van der Waals surface area contributed by atoms with Gasteiger partial charge in [-0.2, -0.15) is 0 Å². The van der Waals surface area contributed by atoms with Crippen molar-refractivity contribution in [2.45, 2.75) is 65.7 Å². The van der Waals surface area contributed by atoms with E-state index in [2.05, 4.69) is 26.8 Å². The summed E-state index contributed by atoms with van der Waals surface area (Å²) in [6.07, 6.45) is 11.1. The van der Waals surface area contributed by atoms with E-state index in [1.165, 1.54) is 32.1 Å². The number of ketones is 1. The van der Waals surface area contributed by atoms with Crippen LogP contribution in [-0.4, -0.2) is 5.78 Å². The summed E-state index contributed by atoms with van der Waals surface area (Å²) in [7, 11) is 0. The summed E-state index contributed by atoms with van der Waals surface area (Å²) in [6.45, 7) is 6.98. The maximum Gasteiger partial charge on any atom is 0.158 e. The molecule has 0 aromatic rings. The molecule has 0 aromatic carbocycles. The fourth-order valence-corrected chi connectivity index (χ4v) is 6.29. The average molecular weight is 284 g/mol. The van der Waals surface area contributed by atoms with Crippen LogP contribution in [0.1, 0.15) is 65.7 Å². The first-order chi connectivity index (χ1) is 10.0. The number of allylic oxidation sites excluding steroid dienone is 4. The minimum absolute atomic E-state index is 0.429. The quantitative estimate of drug-likeness (QED) is 0.567. The summed E-state index contributed by atoms with van der Waals surface area (Å²) in [4.78, 5) is 12.0. The van der Waals surface area contributed by atoms with Gasteiger partial charge < -0.3 is 0 Å². The van der Waals surface area contributed by atoms with E-state index >= 15 is 0 Å². The molecular weight excluding hydrogens is 256 g/mol. The Morgan fingerprint density at radius 2 is 1.90 bits per heavy atom. The second kappa shape index (κ2) is 4.57. The van der Waals surface area contributed by atoms with Crippen LogP contribution in [0.2, 0.25) is 0 Å². The van der Waals surface area contributed by atoms with Gasteiger partial charge in [0.2, 0.25) is 0 Å². The molecule has 114 valence electrons. The Morgan fingerprint density at radius 3 is 2.71 bits per heavy atom. The van der Waals surface area contributed by atoms with E-state index in [4.69, 9.17) is 0 Å². The molecule has 0 aliphatic heterocycles. The SMILES string of the molecule is CC1=CCC2C3CCC4=C(C)C(=O)CCC4C3CCC12C. The standard InChI is InChI=1S/C20H28O/c1-12-4-8-18-17-6-5-14-13(2)19(21)9-7-15(14)16(17)10-11-20(12,18)3/h4,15-18H,5-11H2,1-3H3. The molecule has 0 heterocycles. The fraction of sp³-hybridized carbons (Fsp3) is 0.750. The van der Waals surface area contributed by atoms with Gasteiger partial charge in [0.15, 0.2) is 5.78 Å². The molecule has 0 bridgehead atoms. The first-order valence-electron chi connectivity index (χ1n) is 8.92. The van der Waals surface area contributed by atoms with Crippen molar-refractivity contribution in [2.75, 3.05) is 0 Å². The highest BCUT2D eigenvalue weighted by Crippen LogP contribution is 2.62. The molecule has 0 N–H and O–H groups in total. The van der Waals surface area contributed by atoms with Crippen LogP contribution in [0.25, 0.3) is 0 Å². The molecule has 2 fully saturated rings. The molecule has 5 atom stereocenters. The number of rotatable bonds is 0. The van der Waals surface area contributed by atoms with Crippen LogP contribution < -0.4 is 0 Å². The Morgan fingerprint density at radius 1 is 1.10 bits per heavy atom. The van der Waals surface area contributed by atoms with Gasteiger partial charge in [-0.1, -0.05) is 24.1 Å². The molecule has 21 heavy (non-hydrogen) atoms. The van der Waals surface area contributed by atoms with Crippen molar-refractivity contribution in [3.63, 3.8) is 0 Å². The summed E-state index contributed by atoms with van der Waals surface area (Å²) in [6, 6.07) is 0. The van der Waals surface area contributed by atoms with Crippen molar-refractivity contribution in [1.82, 2.24) is 0 Å². The van der Waals surface area contributed by atoms with E-state index in [1.54, 1.807) is 11.1 Å². The third-order valence-electron chi connectivity index (χ3n) is 7.75. The molecule has 0 saturated heterocycles. The third kappa shape index (κ3) is 1.79. The number of hydrogen-bond donors (Lipinski definition) is 0. The maximum atomic E-state index is 12.0. The van der Waals surface area contributed by atoms with Crippen molar-refractivity contribution >= 4 is 5.78 Å². The molecule has 4 aliphatic rings. The average Bonchev–Trinajstić information content (AvgIpc) is 2.78. The van der Waals surface area contributed by atoms with Crippen LogP contribution in [0.5, 0.6) is 0 Å². The number of Topliss-reactive ketones (excluding diaryl/α,β-unsaturated/α-hetero) is 1. The Hall–Kier alpha value is -0.850. The zero-order valence-corrected chi connectivity index (χ0v) is 13.7. The second-order valence-electron chi connectivity index (χ2n) is 8.27. The van der Waals surface area contributed by atoms with Gasteiger partial charge in [0.1, 0.15) is 0 Å². The normalized spacial score (nSPS) is 45.9. The number of fused-ring (bicyclic) bond motifs is 5. The van der Waals surface area contributed by atoms with Crippen LogP contribution in [-0.2, 0) is 4.79 Å². The molecule has 1 nitrogen and oxygen atoms in total.